The molecular formula is C18H15N3O4S. The van der Waals surface area contributed by atoms with Crippen molar-refractivity contribution < 1.29 is 14.8 Å². The van der Waals surface area contributed by atoms with Crippen LogP contribution in [0.1, 0.15) is 22.7 Å². The zero-order chi connectivity index (χ0) is 18.7. The highest BCUT2D eigenvalue weighted by molar-refractivity contribution is 7.13. The number of hydrogen-bond acceptors (Lipinski definition) is 6. The first-order chi connectivity index (χ1) is 12.5. The molecule has 26 heavy (non-hydrogen) atoms. The topological polar surface area (TPSA) is 106 Å². The summed E-state index contributed by atoms with van der Waals surface area (Å²) >= 11 is 1.34. The summed E-state index contributed by atoms with van der Waals surface area (Å²) in [5.74, 6) is -2.02. The standard InChI is InChI=1S/C18H15N3O4S/c1-11-2-3-16(21(24)25)13(8-11)9-14(18(22)23)15-10-26-17(20-15)12-4-6-19-7-5-12/h2-8,10,14H,9H2,1H3,(H,22,23). The van der Waals surface area contributed by atoms with Gasteiger partial charge in [0.2, 0.25) is 0 Å². The fourth-order valence-corrected chi connectivity index (χ4v) is 3.55. The van der Waals surface area contributed by atoms with Gasteiger partial charge in [0.25, 0.3) is 5.69 Å². The van der Waals surface area contributed by atoms with Crippen molar-refractivity contribution in [2.24, 2.45) is 0 Å². The second-order valence-corrected chi connectivity index (χ2v) is 6.66. The van der Waals surface area contributed by atoms with Crippen LogP contribution in [-0.4, -0.2) is 26.0 Å². The monoisotopic (exact) mass is 369 g/mol. The molecule has 3 rings (SSSR count). The van der Waals surface area contributed by atoms with Gasteiger partial charge in [0.05, 0.1) is 10.6 Å². The largest absolute Gasteiger partial charge is 0.481 e. The number of pyridine rings is 1. The lowest BCUT2D eigenvalue weighted by atomic mass is 9.94. The molecule has 2 aromatic heterocycles. The predicted molar refractivity (Wildman–Crippen MR) is 97.3 cm³/mol. The second-order valence-electron chi connectivity index (χ2n) is 5.80. The van der Waals surface area contributed by atoms with Crippen LogP contribution < -0.4 is 0 Å². The molecule has 0 fully saturated rings. The summed E-state index contributed by atoms with van der Waals surface area (Å²) in [5.41, 5.74) is 2.39. The van der Waals surface area contributed by atoms with Crippen LogP contribution in [0.15, 0.2) is 48.1 Å². The highest BCUT2D eigenvalue weighted by atomic mass is 32.1. The van der Waals surface area contributed by atoms with Crippen LogP contribution in [0.4, 0.5) is 5.69 Å². The van der Waals surface area contributed by atoms with E-state index in [0.717, 1.165) is 11.1 Å². The van der Waals surface area contributed by atoms with Gasteiger partial charge in [0.15, 0.2) is 0 Å². The smallest absolute Gasteiger partial charge is 0.312 e. The van der Waals surface area contributed by atoms with Crippen LogP contribution in [0, 0.1) is 17.0 Å². The average Bonchev–Trinajstić information content (AvgIpc) is 3.09. The number of aryl methyl sites for hydroxylation is 1. The maximum Gasteiger partial charge on any atom is 0.312 e. The minimum absolute atomic E-state index is 0.00679. The number of aromatic nitrogens is 2. The molecule has 0 aliphatic carbocycles. The summed E-state index contributed by atoms with van der Waals surface area (Å²) in [6, 6.07) is 8.30. The fraction of sp³-hybridized carbons (Fsp3) is 0.167. The quantitative estimate of drug-likeness (QED) is 0.523. The molecule has 1 unspecified atom stereocenters. The molecule has 0 radical (unpaired) electrons. The van der Waals surface area contributed by atoms with Gasteiger partial charge in [-0.2, -0.15) is 0 Å². The number of nitro groups is 1. The van der Waals surface area contributed by atoms with E-state index in [1.54, 1.807) is 42.0 Å². The second kappa shape index (κ2) is 7.40. The van der Waals surface area contributed by atoms with Gasteiger partial charge in [-0.15, -0.1) is 11.3 Å². The molecule has 3 aromatic rings. The molecule has 0 amide bonds. The SMILES string of the molecule is Cc1ccc([N+](=O)[O-])c(CC(C(=O)O)c2csc(-c3ccncc3)n2)c1. The number of carboxylic acids is 1. The molecule has 0 saturated carbocycles. The Hall–Kier alpha value is -3.13. The molecule has 0 bridgehead atoms. The number of aliphatic carboxylic acids is 1. The number of carbonyl (C=O) groups is 1. The molecule has 0 aliphatic rings. The van der Waals surface area contributed by atoms with E-state index in [1.807, 2.05) is 6.92 Å². The molecule has 1 atom stereocenters. The number of carboxylic acid groups (broad SMARTS) is 1. The summed E-state index contributed by atoms with van der Waals surface area (Å²) in [7, 11) is 0. The van der Waals surface area contributed by atoms with Crippen LogP contribution in [0.2, 0.25) is 0 Å². The normalized spacial score (nSPS) is 11.9. The minimum atomic E-state index is -1.06. The molecule has 8 heteroatoms. The first-order valence-corrected chi connectivity index (χ1v) is 8.66. The Bertz CT molecular complexity index is 956. The lowest BCUT2D eigenvalue weighted by Gasteiger charge is -2.11. The highest BCUT2D eigenvalue weighted by Gasteiger charge is 2.27. The first-order valence-electron chi connectivity index (χ1n) is 7.78. The van der Waals surface area contributed by atoms with Crippen molar-refractivity contribution >= 4 is 23.0 Å². The number of thiazole rings is 1. The highest BCUT2D eigenvalue weighted by Crippen LogP contribution is 2.31. The van der Waals surface area contributed by atoms with Gasteiger partial charge in [-0.25, -0.2) is 4.98 Å². The summed E-state index contributed by atoms with van der Waals surface area (Å²) in [5, 5.41) is 23.3. The Balaban J connectivity index is 1.95. The summed E-state index contributed by atoms with van der Waals surface area (Å²) < 4.78 is 0. The Morgan fingerprint density at radius 1 is 1.31 bits per heavy atom. The number of rotatable bonds is 6. The Labute approximate surface area is 153 Å². The summed E-state index contributed by atoms with van der Waals surface area (Å²) in [4.78, 5) is 30.9. The third-order valence-corrected chi connectivity index (χ3v) is 4.87. The number of nitro benzene ring substituents is 1. The van der Waals surface area contributed by atoms with Crippen molar-refractivity contribution in [3.8, 4) is 10.6 Å². The Morgan fingerprint density at radius 2 is 2.04 bits per heavy atom. The van der Waals surface area contributed by atoms with E-state index in [-0.39, 0.29) is 12.1 Å². The van der Waals surface area contributed by atoms with Gasteiger partial charge in [-0.1, -0.05) is 11.6 Å². The zero-order valence-electron chi connectivity index (χ0n) is 13.8. The van der Waals surface area contributed by atoms with E-state index in [0.29, 0.717) is 16.3 Å². The van der Waals surface area contributed by atoms with Crippen molar-refractivity contribution in [3.63, 3.8) is 0 Å². The maximum absolute atomic E-state index is 11.8. The molecule has 1 N–H and O–H groups in total. The van der Waals surface area contributed by atoms with E-state index in [9.17, 15) is 20.0 Å². The van der Waals surface area contributed by atoms with Crippen LogP contribution in [0.3, 0.4) is 0 Å². The van der Waals surface area contributed by atoms with Crippen molar-refractivity contribution in [1.29, 1.82) is 0 Å². The zero-order valence-corrected chi connectivity index (χ0v) is 14.6. The number of nitrogens with zero attached hydrogens (tertiary/aromatic N) is 3. The van der Waals surface area contributed by atoms with Crippen LogP contribution in [0.5, 0.6) is 0 Å². The lowest BCUT2D eigenvalue weighted by molar-refractivity contribution is -0.385. The van der Waals surface area contributed by atoms with Crippen molar-refractivity contribution in [2.45, 2.75) is 19.3 Å². The maximum atomic E-state index is 11.8. The van der Waals surface area contributed by atoms with E-state index < -0.39 is 16.8 Å². The molecule has 2 heterocycles. The molecule has 7 nitrogen and oxygen atoms in total. The van der Waals surface area contributed by atoms with E-state index in [4.69, 9.17) is 0 Å². The minimum Gasteiger partial charge on any atom is -0.481 e. The molecule has 0 spiro atoms. The van der Waals surface area contributed by atoms with Crippen LogP contribution in [0.25, 0.3) is 10.6 Å². The van der Waals surface area contributed by atoms with E-state index in [1.165, 1.54) is 17.4 Å². The van der Waals surface area contributed by atoms with Gasteiger partial charge in [0.1, 0.15) is 10.9 Å². The molecule has 132 valence electrons. The van der Waals surface area contributed by atoms with Gasteiger partial charge < -0.3 is 5.11 Å². The number of benzene rings is 1. The number of hydrogen-bond donors (Lipinski definition) is 1. The van der Waals surface area contributed by atoms with Gasteiger partial charge in [0, 0.05) is 35.0 Å². The fourth-order valence-electron chi connectivity index (χ4n) is 2.67. The lowest BCUT2D eigenvalue weighted by Crippen LogP contribution is -2.15. The van der Waals surface area contributed by atoms with Crippen LogP contribution in [-0.2, 0) is 11.2 Å². The average molecular weight is 369 g/mol. The third kappa shape index (κ3) is 3.75. The van der Waals surface area contributed by atoms with Gasteiger partial charge in [-0.05, 0) is 31.5 Å². The van der Waals surface area contributed by atoms with Crippen molar-refractivity contribution in [1.82, 2.24) is 9.97 Å². The van der Waals surface area contributed by atoms with Gasteiger partial charge in [-0.3, -0.25) is 19.9 Å². The molecule has 0 saturated heterocycles. The Kier molecular flexibility index (Phi) is 5.04. The van der Waals surface area contributed by atoms with Crippen molar-refractivity contribution in [2.75, 3.05) is 0 Å². The van der Waals surface area contributed by atoms with Gasteiger partial charge >= 0.3 is 5.97 Å². The predicted octanol–water partition coefficient (Wildman–Crippen LogP) is 3.83. The summed E-state index contributed by atoms with van der Waals surface area (Å²) in [6.07, 6.45) is 3.29. The first kappa shape index (κ1) is 17.7. The van der Waals surface area contributed by atoms with E-state index >= 15 is 0 Å². The molecule has 0 aliphatic heterocycles. The van der Waals surface area contributed by atoms with Crippen molar-refractivity contribution in [3.05, 3.63) is 75.0 Å². The summed E-state index contributed by atoms with van der Waals surface area (Å²) in [6.45, 7) is 1.81. The van der Waals surface area contributed by atoms with Crippen LogP contribution >= 0.6 is 11.3 Å². The van der Waals surface area contributed by atoms with E-state index in [2.05, 4.69) is 9.97 Å². The third-order valence-electron chi connectivity index (χ3n) is 3.96. The molecule has 1 aromatic carbocycles. The Morgan fingerprint density at radius 3 is 2.69 bits per heavy atom. The molecular weight excluding hydrogens is 354 g/mol.